The fourth-order valence-corrected chi connectivity index (χ4v) is 2.62. The molecule has 100 valence electrons. The van der Waals surface area contributed by atoms with E-state index in [1.54, 1.807) is 0 Å². The number of phenols is 1. The number of sulfone groups is 1. The molecule has 1 aromatic rings. The summed E-state index contributed by atoms with van der Waals surface area (Å²) < 4.78 is 58.5. The highest BCUT2D eigenvalue weighted by molar-refractivity contribution is 14.1. The molecule has 0 radical (unpaired) electrons. The fourth-order valence-electron chi connectivity index (χ4n) is 0.988. The minimum atomic E-state index is -5.69. The van der Waals surface area contributed by atoms with Crippen LogP contribution in [0.1, 0.15) is 0 Å². The number of nitro benzene ring substituents is 1. The number of benzene rings is 1. The summed E-state index contributed by atoms with van der Waals surface area (Å²) >= 11 is 1.29. The number of hydrogen-bond acceptors (Lipinski definition) is 5. The number of hydrogen-bond donors (Lipinski definition) is 1. The van der Waals surface area contributed by atoms with E-state index < -0.39 is 36.6 Å². The highest BCUT2D eigenvalue weighted by Crippen LogP contribution is 2.37. The molecule has 6 nitrogen and oxygen atoms in total. The van der Waals surface area contributed by atoms with Gasteiger partial charge in [-0.05, 0) is 28.7 Å². The van der Waals surface area contributed by atoms with Gasteiger partial charge in [-0.25, -0.2) is 8.42 Å². The van der Waals surface area contributed by atoms with Gasteiger partial charge < -0.3 is 5.11 Å². The third-order valence-corrected chi connectivity index (χ3v) is 4.12. The monoisotopic (exact) mass is 397 g/mol. The predicted octanol–water partition coefficient (Wildman–Crippen LogP) is 2.20. The largest absolute Gasteiger partial charge is 0.501 e. The molecule has 0 atom stereocenters. The quantitative estimate of drug-likeness (QED) is 0.469. The molecule has 0 amide bonds. The first-order valence-electron chi connectivity index (χ1n) is 3.96. The second kappa shape index (κ2) is 4.53. The Labute approximate surface area is 112 Å². The number of halogens is 4. The number of nitro groups is 1. The summed E-state index contributed by atoms with van der Waals surface area (Å²) in [5.41, 5.74) is -6.68. The topological polar surface area (TPSA) is 97.5 Å². The van der Waals surface area contributed by atoms with Crippen LogP contribution in [0.25, 0.3) is 0 Å². The van der Waals surface area contributed by atoms with Crippen LogP contribution in [0.4, 0.5) is 18.9 Å². The predicted molar refractivity (Wildman–Crippen MR) is 60.7 cm³/mol. The lowest BCUT2D eigenvalue weighted by atomic mass is 10.3. The summed E-state index contributed by atoms with van der Waals surface area (Å²) in [6.45, 7) is 0. The van der Waals surface area contributed by atoms with Gasteiger partial charge in [0.25, 0.3) is 9.84 Å². The molecule has 0 aliphatic rings. The van der Waals surface area contributed by atoms with Crippen molar-refractivity contribution in [2.24, 2.45) is 0 Å². The lowest BCUT2D eigenvalue weighted by molar-refractivity contribution is -0.386. The summed E-state index contributed by atoms with van der Waals surface area (Å²) in [4.78, 5) is 8.01. The molecule has 0 saturated heterocycles. The lowest BCUT2D eigenvalue weighted by Crippen LogP contribution is -2.23. The van der Waals surface area contributed by atoms with Crippen molar-refractivity contribution < 1.29 is 31.6 Å². The van der Waals surface area contributed by atoms with Crippen molar-refractivity contribution in [3.8, 4) is 5.75 Å². The molecule has 0 bridgehead atoms. The van der Waals surface area contributed by atoms with Gasteiger partial charge >= 0.3 is 11.2 Å². The van der Waals surface area contributed by atoms with E-state index in [-0.39, 0.29) is 9.64 Å². The van der Waals surface area contributed by atoms with Crippen LogP contribution in [0.5, 0.6) is 5.75 Å². The molecular weight excluding hydrogens is 394 g/mol. The van der Waals surface area contributed by atoms with Crippen molar-refractivity contribution in [1.29, 1.82) is 0 Å². The molecule has 1 rings (SSSR count). The standard InChI is InChI=1S/C7H3F3INO5S/c8-7(9,10)18(16,17)3-1-4(11)6(13)5(2-3)12(14)15/h1-2,13H. The van der Waals surface area contributed by atoms with E-state index in [9.17, 15) is 36.8 Å². The number of alkyl halides is 3. The van der Waals surface area contributed by atoms with Crippen LogP contribution in [0, 0.1) is 13.7 Å². The zero-order chi connectivity index (χ0) is 14.3. The molecule has 18 heavy (non-hydrogen) atoms. The van der Waals surface area contributed by atoms with Crippen molar-refractivity contribution in [2.45, 2.75) is 10.4 Å². The van der Waals surface area contributed by atoms with Crippen LogP contribution < -0.4 is 0 Å². The molecular formula is C7H3F3INO5S. The maximum Gasteiger partial charge on any atom is 0.501 e. The van der Waals surface area contributed by atoms with E-state index in [1.807, 2.05) is 0 Å². The zero-order valence-corrected chi connectivity index (χ0v) is 11.1. The van der Waals surface area contributed by atoms with Gasteiger partial charge in [-0.1, -0.05) is 0 Å². The van der Waals surface area contributed by atoms with E-state index in [4.69, 9.17) is 0 Å². The van der Waals surface area contributed by atoms with Crippen molar-refractivity contribution in [3.63, 3.8) is 0 Å². The third-order valence-electron chi connectivity index (χ3n) is 1.83. The Balaban J connectivity index is 3.61. The highest BCUT2D eigenvalue weighted by atomic mass is 127. The van der Waals surface area contributed by atoms with Gasteiger partial charge in [0.1, 0.15) is 0 Å². The number of aromatic hydroxyl groups is 1. The van der Waals surface area contributed by atoms with E-state index in [2.05, 4.69) is 0 Å². The average molecular weight is 397 g/mol. The van der Waals surface area contributed by atoms with Crippen LogP contribution in [-0.2, 0) is 9.84 Å². The molecule has 0 heterocycles. The Hall–Kier alpha value is -1.11. The van der Waals surface area contributed by atoms with Crippen molar-refractivity contribution in [2.75, 3.05) is 0 Å². The molecule has 1 aromatic carbocycles. The highest BCUT2D eigenvalue weighted by Gasteiger charge is 2.47. The number of rotatable bonds is 2. The second-order valence-corrected chi connectivity index (χ2v) is 6.08. The Bertz CT molecular complexity index is 612. The first kappa shape index (κ1) is 14.9. The summed E-state index contributed by atoms with van der Waals surface area (Å²) in [6, 6.07) is 0.673. The maximum absolute atomic E-state index is 12.3. The molecule has 0 aliphatic heterocycles. The molecule has 11 heteroatoms. The average Bonchev–Trinajstić information content (AvgIpc) is 2.19. The van der Waals surface area contributed by atoms with E-state index in [0.29, 0.717) is 6.07 Å². The number of phenolic OH excluding ortho intramolecular Hbond substituents is 1. The summed E-state index contributed by atoms with van der Waals surface area (Å²) in [6.07, 6.45) is 0. The van der Waals surface area contributed by atoms with Crippen LogP contribution in [-0.4, -0.2) is 24.0 Å². The van der Waals surface area contributed by atoms with E-state index in [1.165, 1.54) is 22.6 Å². The summed E-state index contributed by atoms with van der Waals surface area (Å²) in [5, 5.41) is 19.7. The summed E-state index contributed by atoms with van der Waals surface area (Å²) in [5.74, 6) is -0.887. The Kier molecular flexibility index (Phi) is 3.76. The van der Waals surface area contributed by atoms with Gasteiger partial charge in [0.15, 0.2) is 0 Å². The van der Waals surface area contributed by atoms with Gasteiger partial charge in [0.2, 0.25) is 5.75 Å². The number of nitrogens with zero attached hydrogens (tertiary/aromatic N) is 1. The van der Waals surface area contributed by atoms with Gasteiger partial charge in [-0.2, -0.15) is 13.2 Å². The lowest BCUT2D eigenvalue weighted by Gasteiger charge is -2.09. The van der Waals surface area contributed by atoms with E-state index in [0.717, 1.165) is 0 Å². The molecule has 0 aliphatic carbocycles. The molecule has 0 saturated carbocycles. The van der Waals surface area contributed by atoms with Crippen molar-refractivity contribution >= 4 is 38.1 Å². The Morgan fingerprint density at radius 1 is 1.33 bits per heavy atom. The first-order valence-corrected chi connectivity index (χ1v) is 6.53. The minimum Gasteiger partial charge on any atom is -0.501 e. The molecule has 1 N–H and O–H groups in total. The minimum absolute atomic E-state index is 0.167. The fraction of sp³-hybridized carbons (Fsp3) is 0.143. The van der Waals surface area contributed by atoms with Gasteiger partial charge in [0.05, 0.1) is 13.4 Å². The normalized spacial score (nSPS) is 12.4. The SMILES string of the molecule is O=[N+]([O-])c1cc(S(=O)(=O)C(F)(F)F)cc(I)c1O. The molecule has 0 fully saturated rings. The van der Waals surface area contributed by atoms with Crippen LogP contribution in [0.15, 0.2) is 17.0 Å². The van der Waals surface area contributed by atoms with Gasteiger partial charge in [-0.3, -0.25) is 10.1 Å². The summed E-state index contributed by atoms with van der Waals surface area (Å²) in [7, 11) is -5.69. The smallest absolute Gasteiger partial charge is 0.501 e. The van der Waals surface area contributed by atoms with Crippen LogP contribution >= 0.6 is 22.6 Å². The second-order valence-electron chi connectivity index (χ2n) is 2.98. The Morgan fingerprint density at radius 2 is 1.83 bits per heavy atom. The van der Waals surface area contributed by atoms with E-state index >= 15 is 0 Å². The molecule has 0 aromatic heterocycles. The van der Waals surface area contributed by atoms with Crippen molar-refractivity contribution in [3.05, 3.63) is 25.8 Å². The van der Waals surface area contributed by atoms with Gasteiger partial charge in [-0.15, -0.1) is 0 Å². The maximum atomic E-state index is 12.3. The van der Waals surface area contributed by atoms with Gasteiger partial charge in [0, 0.05) is 6.07 Å². The Morgan fingerprint density at radius 3 is 2.22 bits per heavy atom. The molecule has 0 spiro atoms. The van der Waals surface area contributed by atoms with Crippen LogP contribution in [0.2, 0.25) is 0 Å². The van der Waals surface area contributed by atoms with Crippen LogP contribution in [0.3, 0.4) is 0 Å². The third kappa shape index (κ3) is 2.50. The zero-order valence-electron chi connectivity index (χ0n) is 8.10. The van der Waals surface area contributed by atoms with Crippen molar-refractivity contribution in [1.82, 2.24) is 0 Å². The molecule has 0 unspecified atom stereocenters. The first-order chi connectivity index (χ1) is 7.98.